The highest BCUT2D eigenvalue weighted by atomic mass is 16.4. The molecule has 0 amide bonds. The summed E-state index contributed by atoms with van der Waals surface area (Å²) in [4.78, 5) is 30.0. The van der Waals surface area contributed by atoms with Crippen LogP contribution in [0.25, 0.3) is 5.65 Å². The molecule has 1 aliphatic heterocycles. The van der Waals surface area contributed by atoms with Crippen molar-refractivity contribution in [2.24, 2.45) is 0 Å². The Morgan fingerprint density at radius 1 is 1.26 bits per heavy atom. The van der Waals surface area contributed by atoms with Crippen molar-refractivity contribution in [3.8, 4) is 0 Å². The van der Waals surface area contributed by atoms with Crippen molar-refractivity contribution in [3.05, 3.63) is 64.5 Å². The molecule has 0 radical (unpaired) electrons. The van der Waals surface area contributed by atoms with Gasteiger partial charge < -0.3 is 5.11 Å². The van der Waals surface area contributed by atoms with Crippen LogP contribution in [0.2, 0.25) is 0 Å². The summed E-state index contributed by atoms with van der Waals surface area (Å²) in [6.07, 6.45) is 5.49. The predicted octanol–water partition coefficient (Wildman–Crippen LogP) is 1.36. The van der Waals surface area contributed by atoms with E-state index in [9.17, 15) is 9.59 Å². The monoisotopic (exact) mass is 367 g/mol. The number of hydrogen-bond acceptors (Lipinski definition) is 5. The number of aliphatic carboxylic acids is 1. The van der Waals surface area contributed by atoms with Crippen LogP contribution in [0.1, 0.15) is 30.1 Å². The van der Waals surface area contributed by atoms with Crippen LogP contribution in [0.15, 0.2) is 47.5 Å². The van der Waals surface area contributed by atoms with E-state index >= 15 is 0 Å². The summed E-state index contributed by atoms with van der Waals surface area (Å²) in [5, 5.41) is 13.3. The Kier molecular flexibility index (Phi) is 4.72. The van der Waals surface area contributed by atoms with Gasteiger partial charge in [0.25, 0.3) is 5.56 Å². The number of piperidine rings is 1. The van der Waals surface area contributed by atoms with Gasteiger partial charge in [0, 0.05) is 37.5 Å². The van der Waals surface area contributed by atoms with Crippen LogP contribution in [0.5, 0.6) is 0 Å². The van der Waals surface area contributed by atoms with Gasteiger partial charge in [-0.25, -0.2) is 4.98 Å². The third-order valence-electron chi connectivity index (χ3n) is 4.89. The Labute approximate surface area is 155 Å². The molecule has 0 bridgehead atoms. The maximum atomic E-state index is 12.3. The standard InChI is InChI=1S/C19H21N5O3/c25-18-10-15(20-17-5-1-2-8-24(17)18)12-22-7-3-4-14(11-22)16-6-9-23(21-16)13-19(26)27/h1-2,5-6,8-10,14H,3-4,7,11-13H2,(H,26,27). The molecule has 1 saturated heterocycles. The van der Waals surface area contributed by atoms with E-state index in [1.165, 1.54) is 9.08 Å². The normalized spacial score (nSPS) is 18.0. The number of nitrogens with zero attached hydrogens (tertiary/aromatic N) is 5. The van der Waals surface area contributed by atoms with Crippen molar-refractivity contribution in [2.45, 2.75) is 31.8 Å². The topological polar surface area (TPSA) is 92.7 Å². The molecule has 27 heavy (non-hydrogen) atoms. The second-order valence-electron chi connectivity index (χ2n) is 6.92. The molecule has 0 aliphatic carbocycles. The molecular formula is C19H21N5O3. The predicted molar refractivity (Wildman–Crippen MR) is 98.6 cm³/mol. The fourth-order valence-electron chi connectivity index (χ4n) is 3.68. The van der Waals surface area contributed by atoms with Crippen molar-refractivity contribution < 1.29 is 9.90 Å². The van der Waals surface area contributed by atoms with E-state index in [1.807, 2.05) is 24.3 Å². The van der Waals surface area contributed by atoms with Crippen LogP contribution >= 0.6 is 0 Å². The summed E-state index contributed by atoms with van der Waals surface area (Å²) in [5.41, 5.74) is 2.27. The van der Waals surface area contributed by atoms with Gasteiger partial charge in [-0.3, -0.25) is 23.6 Å². The zero-order chi connectivity index (χ0) is 18.8. The fraction of sp³-hybridized carbons (Fsp3) is 0.368. The molecule has 0 saturated carbocycles. The average molecular weight is 367 g/mol. The van der Waals surface area contributed by atoms with Crippen molar-refractivity contribution in [1.29, 1.82) is 0 Å². The van der Waals surface area contributed by atoms with Crippen molar-refractivity contribution >= 4 is 11.6 Å². The number of carboxylic acid groups (broad SMARTS) is 1. The summed E-state index contributed by atoms with van der Waals surface area (Å²) < 4.78 is 3.00. The van der Waals surface area contributed by atoms with Gasteiger partial charge in [-0.2, -0.15) is 5.10 Å². The first kappa shape index (κ1) is 17.4. The molecule has 1 N–H and O–H groups in total. The molecule has 0 aromatic carbocycles. The van der Waals surface area contributed by atoms with Gasteiger partial charge >= 0.3 is 5.97 Å². The zero-order valence-corrected chi connectivity index (χ0v) is 14.9. The molecule has 4 rings (SSSR count). The molecule has 1 atom stereocenters. The third-order valence-corrected chi connectivity index (χ3v) is 4.89. The maximum absolute atomic E-state index is 12.3. The summed E-state index contributed by atoms with van der Waals surface area (Å²) >= 11 is 0. The average Bonchev–Trinajstić information content (AvgIpc) is 3.10. The summed E-state index contributed by atoms with van der Waals surface area (Å²) in [6, 6.07) is 9.01. The van der Waals surface area contributed by atoms with E-state index in [0.717, 1.165) is 37.3 Å². The van der Waals surface area contributed by atoms with Crippen molar-refractivity contribution in [3.63, 3.8) is 0 Å². The van der Waals surface area contributed by atoms with Crippen LogP contribution < -0.4 is 5.56 Å². The lowest BCUT2D eigenvalue weighted by Crippen LogP contribution is -2.34. The van der Waals surface area contributed by atoms with E-state index in [1.54, 1.807) is 18.5 Å². The Bertz CT molecular complexity index is 1030. The quantitative estimate of drug-likeness (QED) is 0.732. The largest absolute Gasteiger partial charge is 0.480 e. The molecule has 3 aromatic heterocycles. The van der Waals surface area contributed by atoms with Crippen LogP contribution in [0.3, 0.4) is 0 Å². The molecule has 1 unspecified atom stereocenters. The highest BCUT2D eigenvalue weighted by Gasteiger charge is 2.24. The zero-order valence-electron chi connectivity index (χ0n) is 14.9. The van der Waals surface area contributed by atoms with E-state index < -0.39 is 5.97 Å². The lowest BCUT2D eigenvalue weighted by Gasteiger charge is -2.31. The lowest BCUT2D eigenvalue weighted by molar-refractivity contribution is -0.137. The van der Waals surface area contributed by atoms with Gasteiger partial charge in [-0.15, -0.1) is 0 Å². The minimum atomic E-state index is -0.899. The van der Waals surface area contributed by atoms with Crippen molar-refractivity contribution in [1.82, 2.24) is 24.1 Å². The van der Waals surface area contributed by atoms with E-state index in [-0.39, 0.29) is 18.0 Å². The smallest absolute Gasteiger partial charge is 0.325 e. The van der Waals surface area contributed by atoms with Crippen LogP contribution in [-0.2, 0) is 17.9 Å². The van der Waals surface area contributed by atoms with Crippen molar-refractivity contribution in [2.75, 3.05) is 13.1 Å². The summed E-state index contributed by atoms with van der Waals surface area (Å²) in [5.74, 6) is -0.640. The maximum Gasteiger partial charge on any atom is 0.325 e. The molecule has 3 aromatic rings. The van der Waals surface area contributed by atoms with Gasteiger partial charge in [0.1, 0.15) is 12.2 Å². The van der Waals surface area contributed by atoms with Crippen LogP contribution in [0.4, 0.5) is 0 Å². The second-order valence-corrected chi connectivity index (χ2v) is 6.92. The number of carbonyl (C=O) groups is 1. The molecule has 4 heterocycles. The molecule has 140 valence electrons. The summed E-state index contributed by atoms with van der Waals surface area (Å²) in [6.45, 7) is 2.26. The SMILES string of the molecule is O=C(O)Cn1ccc(C2CCCN(Cc3cc(=O)n4ccccc4n3)C2)n1. The number of hydrogen-bond donors (Lipinski definition) is 1. The lowest BCUT2D eigenvalue weighted by atomic mass is 9.95. The minimum Gasteiger partial charge on any atom is -0.480 e. The van der Waals surface area contributed by atoms with Gasteiger partial charge in [0.2, 0.25) is 0 Å². The van der Waals surface area contributed by atoms with E-state index in [2.05, 4.69) is 15.0 Å². The van der Waals surface area contributed by atoms with Gasteiger partial charge in [0.15, 0.2) is 0 Å². The first-order chi connectivity index (χ1) is 13.1. The number of pyridine rings is 1. The fourth-order valence-corrected chi connectivity index (χ4v) is 3.68. The first-order valence-corrected chi connectivity index (χ1v) is 9.03. The Hall–Kier alpha value is -3.00. The van der Waals surface area contributed by atoms with Gasteiger partial charge in [-0.05, 0) is 37.6 Å². The minimum absolute atomic E-state index is 0.0726. The van der Waals surface area contributed by atoms with Crippen LogP contribution in [-0.4, -0.2) is 48.2 Å². The molecular weight excluding hydrogens is 346 g/mol. The molecule has 8 heteroatoms. The van der Waals surface area contributed by atoms with Gasteiger partial charge in [-0.1, -0.05) is 6.07 Å². The number of likely N-dealkylation sites (tertiary alicyclic amines) is 1. The Morgan fingerprint density at radius 2 is 2.15 bits per heavy atom. The number of aromatic nitrogens is 4. The second kappa shape index (κ2) is 7.32. The highest BCUT2D eigenvalue weighted by molar-refractivity contribution is 5.66. The first-order valence-electron chi connectivity index (χ1n) is 9.03. The highest BCUT2D eigenvalue weighted by Crippen LogP contribution is 2.26. The molecule has 1 aliphatic rings. The third kappa shape index (κ3) is 3.90. The molecule has 1 fully saturated rings. The van der Waals surface area contributed by atoms with E-state index in [0.29, 0.717) is 12.2 Å². The van der Waals surface area contributed by atoms with Gasteiger partial charge in [0.05, 0.1) is 11.4 Å². The number of carboxylic acids is 1. The molecule has 0 spiro atoms. The summed E-state index contributed by atoms with van der Waals surface area (Å²) in [7, 11) is 0. The Morgan fingerprint density at radius 3 is 3.00 bits per heavy atom. The Balaban J connectivity index is 1.48. The number of fused-ring (bicyclic) bond motifs is 1. The van der Waals surface area contributed by atoms with Crippen LogP contribution in [0, 0.1) is 0 Å². The molecule has 8 nitrogen and oxygen atoms in total. The number of rotatable bonds is 5. The van der Waals surface area contributed by atoms with E-state index in [4.69, 9.17) is 5.11 Å².